The summed E-state index contributed by atoms with van der Waals surface area (Å²) in [4.78, 5) is 0. The number of hydrogen-bond acceptors (Lipinski definition) is 3. The lowest BCUT2D eigenvalue weighted by molar-refractivity contribution is 0.554. The second-order valence-electron chi connectivity index (χ2n) is 2.07. The minimum absolute atomic E-state index is 0.0486. The minimum atomic E-state index is -5.05. The van der Waals surface area contributed by atoms with Crippen LogP contribution in [0.3, 0.4) is 0 Å². The van der Waals surface area contributed by atoms with Gasteiger partial charge in [0.25, 0.3) is 0 Å². The van der Waals surface area contributed by atoms with Crippen LogP contribution in [0, 0.1) is 0 Å². The zero-order valence-corrected chi connectivity index (χ0v) is 7.86. The largest absolute Gasteiger partial charge is 0.411 e. The van der Waals surface area contributed by atoms with Crippen LogP contribution in [0.1, 0.15) is 0 Å². The van der Waals surface area contributed by atoms with E-state index in [2.05, 4.69) is 0 Å². The van der Waals surface area contributed by atoms with Gasteiger partial charge >= 0.3 is 10.4 Å². The van der Waals surface area contributed by atoms with Gasteiger partial charge in [0.2, 0.25) is 0 Å². The maximum Gasteiger partial charge on any atom is 0.411 e. The van der Waals surface area contributed by atoms with E-state index in [9.17, 15) is 16.2 Å². The molecule has 0 aliphatic carbocycles. The highest BCUT2D eigenvalue weighted by Crippen LogP contribution is 2.26. The van der Waals surface area contributed by atoms with Crippen molar-refractivity contribution in [1.82, 2.24) is 0 Å². The lowest BCUT2D eigenvalue weighted by atomic mass is 10.3. The maximum atomic E-state index is 12.4. The molecule has 0 amide bonds. The van der Waals surface area contributed by atoms with E-state index in [1.807, 2.05) is 0 Å². The predicted octanol–water partition coefficient (Wildman–Crippen LogP) is 2.24. The van der Waals surface area contributed by atoms with Crippen molar-refractivity contribution in [1.29, 1.82) is 0 Å². The van der Waals surface area contributed by atoms with Gasteiger partial charge in [0.1, 0.15) is 0 Å². The van der Waals surface area contributed by atoms with Crippen LogP contribution in [-0.2, 0) is 10.4 Å². The minimum Gasteiger partial charge on any atom is -0.170 e. The van der Waals surface area contributed by atoms with Crippen LogP contribution in [0.5, 0.6) is 0 Å². The summed E-state index contributed by atoms with van der Waals surface area (Å²) >= 11 is -0.700. The molecule has 0 fully saturated rings. The summed E-state index contributed by atoms with van der Waals surface area (Å²) in [6.45, 7) is 0. The van der Waals surface area contributed by atoms with Gasteiger partial charge in [-0.25, -0.2) is 0 Å². The number of para-hydroxylation sites is 1. The van der Waals surface area contributed by atoms with Crippen LogP contribution in [0.15, 0.2) is 30.3 Å². The second-order valence-corrected chi connectivity index (χ2v) is 4.00. The molecule has 0 saturated heterocycles. The van der Waals surface area contributed by atoms with Crippen molar-refractivity contribution >= 4 is 28.4 Å². The first kappa shape index (κ1) is 10.3. The average Bonchev–Trinajstić information content (AvgIpc) is 2.05. The molecule has 0 atom stereocenters. The molecule has 3 nitrogen and oxygen atoms in total. The van der Waals surface area contributed by atoms with E-state index in [0.29, 0.717) is 0 Å². The standard InChI is InChI=1S/C6H5F2NO2S2/c7-12-9(13(8,10)11)6-4-2-1-3-5-6/h1-5H. The van der Waals surface area contributed by atoms with Gasteiger partial charge in [-0.1, -0.05) is 22.1 Å². The van der Waals surface area contributed by atoms with Gasteiger partial charge in [-0.3, -0.25) is 0 Å². The number of hydrogen-bond donors (Lipinski definition) is 0. The Bertz CT molecular complexity index is 367. The summed E-state index contributed by atoms with van der Waals surface area (Å²) < 4.78 is 45.1. The van der Waals surface area contributed by atoms with E-state index < -0.39 is 22.7 Å². The third-order valence-electron chi connectivity index (χ3n) is 1.23. The van der Waals surface area contributed by atoms with Crippen molar-refractivity contribution in [3.05, 3.63) is 30.3 Å². The van der Waals surface area contributed by atoms with Crippen LogP contribution in [0.2, 0.25) is 0 Å². The number of benzene rings is 1. The second kappa shape index (κ2) is 3.93. The topological polar surface area (TPSA) is 37.4 Å². The normalized spacial score (nSPS) is 11.2. The maximum absolute atomic E-state index is 12.4. The molecule has 0 aliphatic heterocycles. The van der Waals surface area contributed by atoms with E-state index >= 15 is 0 Å². The number of nitrogens with zero attached hydrogens (tertiary/aromatic N) is 1. The molecule has 0 aromatic heterocycles. The molecule has 0 unspecified atom stereocenters. The Hall–Kier alpha value is -0.820. The molecule has 0 spiro atoms. The molecule has 72 valence electrons. The summed E-state index contributed by atoms with van der Waals surface area (Å²) in [6.07, 6.45) is 0. The summed E-state index contributed by atoms with van der Waals surface area (Å²) in [5.41, 5.74) is -0.0718. The highest BCUT2D eigenvalue weighted by Gasteiger charge is 2.22. The van der Waals surface area contributed by atoms with Crippen LogP contribution >= 0.6 is 12.3 Å². The van der Waals surface area contributed by atoms with Gasteiger partial charge in [-0.2, -0.15) is 12.1 Å². The van der Waals surface area contributed by atoms with Crippen molar-refractivity contribution in [2.24, 2.45) is 0 Å². The molecule has 0 heterocycles. The summed E-state index contributed by atoms with van der Waals surface area (Å²) in [7, 11) is -5.05. The van der Waals surface area contributed by atoms with Gasteiger partial charge in [-0.05, 0) is 12.1 Å². The van der Waals surface area contributed by atoms with Crippen molar-refractivity contribution in [2.45, 2.75) is 0 Å². The van der Waals surface area contributed by atoms with Crippen LogP contribution in [0.4, 0.5) is 13.5 Å². The molecule has 0 radical (unpaired) electrons. The molecule has 0 saturated carbocycles. The molecule has 0 N–H and O–H groups in total. The fourth-order valence-corrected chi connectivity index (χ4v) is 1.59. The quantitative estimate of drug-likeness (QED) is 0.584. The number of halogens is 2. The molecule has 1 aromatic rings. The van der Waals surface area contributed by atoms with Gasteiger partial charge < -0.3 is 0 Å². The van der Waals surface area contributed by atoms with Crippen molar-refractivity contribution in [3.63, 3.8) is 0 Å². The lowest BCUT2D eigenvalue weighted by Gasteiger charge is -2.11. The Morgan fingerprint density at radius 1 is 1.23 bits per heavy atom. The Kier molecular flexibility index (Phi) is 3.10. The molecule has 7 heteroatoms. The van der Waals surface area contributed by atoms with Gasteiger partial charge in [0.05, 0.1) is 5.69 Å². The monoisotopic (exact) mass is 225 g/mol. The fourth-order valence-electron chi connectivity index (χ4n) is 0.749. The zero-order valence-electron chi connectivity index (χ0n) is 6.22. The molecule has 1 aromatic carbocycles. The van der Waals surface area contributed by atoms with Crippen LogP contribution < -0.4 is 3.71 Å². The number of anilines is 1. The molecule has 1 rings (SSSR count). The summed E-state index contributed by atoms with van der Waals surface area (Å²) in [5.74, 6) is 0. The molecular formula is C6H5F2NO2S2. The van der Waals surface area contributed by atoms with Gasteiger partial charge in [-0.15, -0.1) is 3.89 Å². The highest BCUT2D eigenvalue weighted by molar-refractivity contribution is 8.10. The third kappa shape index (κ3) is 2.56. The average molecular weight is 225 g/mol. The molecule has 0 aliphatic rings. The molecular weight excluding hydrogens is 220 g/mol. The van der Waals surface area contributed by atoms with Crippen molar-refractivity contribution in [2.75, 3.05) is 3.71 Å². The van der Waals surface area contributed by atoms with Crippen LogP contribution in [0.25, 0.3) is 0 Å². The summed E-state index contributed by atoms with van der Waals surface area (Å²) in [5, 5.41) is 0. The van der Waals surface area contributed by atoms with Gasteiger partial charge in [0.15, 0.2) is 12.3 Å². The van der Waals surface area contributed by atoms with Crippen molar-refractivity contribution < 1.29 is 16.2 Å². The van der Waals surface area contributed by atoms with Crippen molar-refractivity contribution in [3.8, 4) is 0 Å². The first-order valence-electron chi connectivity index (χ1n) is 3.14. The third-order valence-corrected chi connectivity index (χ3v) is 2.87. The number of rotatable bonds is 3. The highest BCUT2D eigenvalue weighted by atomic mass is 32.3. The Balaban J connectivity index is 3.06. The Labute approximate surface area is 79.1 Å². The zero-order chi connectivity index (χ0) is 9.90. The Morgan fingerprint density at radius 2 is 1.77 bits per heavy atom. The Morgan fingerprint density at radius 3 is 2.15 bits per heavy atom. The molecule has 0 bridgehead atoms. The lowest BCUT2D eigenvalue weighted by Crippen LogP contribution is -2.17. The smallest absolute Gasteiger partial charge is 0.170 e. The van der Waals surface area contributed by atoms with E-state index in [1.165, 1.54) is 24.3 Å². The fraction of sp³-hybridized carbons (Fsp3) is 0. The summed E-state index contributed by atoms with van der Waals surface area (Å²) in [6, 6.07) is 7.12. The first-order chi connectivity index (χ1) is 6.05. The van der Waals surface area contributed by atoms with E-state index in [-0.39, 0.29) is 9.40 Å². The van der Waals surface area contributed by atoms with E-state index in [1.54, 1.807) is 6.07 Å². The van der Waals surface area contributed by atoms with E-state index in [0.717, 1.165) is 0 Å². The van der Waals surface area contributed by atoms with Gasteiger partial charge in [0, 0.05) is 0 Å². The predicted molar refractivity (Wildman–Crippen MR) is 47.6 cm³/mol. The SMILES string of the molecule is O=S(=O)(F)N(SF)c1ccccc1. The van der Waals surface area contributed by atoms with Crippen LogP contribution in [-0.4, -0.2) is 8.42 Å². The molecule has 13 heavy (non-hydrogen) atoms. The van der Waals surface area contributed by atoms with E-state index in [4.69, 9.17) is 0 Å². The first-order valence-corrected chi connectivity index (χ1v) is 5.16.